The molecule has 2 heterocycles. The fourth-order valence-corrected chi connectivity index (χ4v) is 4.23. The van der Waals surface area contributed by atoms with E-state index in [2.05, 4.69) is 10.1 Å². The van der Waals surface area contributed by atoms with Gasteiger partial charge in [0.2, 0.25) is 11.7 Å². The van der Waals surface area contributed by atoms with Crippen LogP contribution in [0.3, 0.4) is 0 Å². The summed E-state index contributed by atoms with van der Waals surface area (Å²) in [5.74, 6) is 3.05. The van der Waals surface area contributed by atoms with Gasteiger partial charge in [0.25, 0.3) is 0 Å². The smallest absolute Gasteiger partial charge is 0.231 e. The van der Waals surface area contributed by atoms with Gasteiger partial charge in [0.1, 0.15) is 0 Å². The summed E-state index contributed by atoms with van der Waals surface area (Å²) in [5, 5.41) is 6.11. The van der Waals surface area contributed by atoms with Crippen LogP contribution in [0.25, 0.3) is 10.7 Å². The number of nitrogens with two attached hydrogens (primary N) is 1. The lowest BCUT2D eigenvalue weighted by Crippen LogP contribution is -2.34. The topological polar surface area (TPSA) is 64.9 Å². The molecule has 2 aliphatic rings. The second kappa shape index (κ2) is 3.90. The minimum atomic E-state index is 0.209. The Bertz CT molecular complexity index is 548. The van der Waals surface area contributed by atoms with Gasteiger partial charge in [-0.15, -0.1) is 11.3 Å². The van der Waals surface area contributed by atoms with Crippen LogP contribution in [0.1, 0.15) is 31.1 Å². The first-order valence-electron chi connectivity index (χ1n) is 6.46. The molecule has 0 spiro atoms. The number of fused-ring (bicyclic) bond motifs is 2. The highest BCUT2D eigenvalue weighted by molar-refractivity contribution is 7.13. The second-order valence-corrected chi connectivity index (χ2v) is 6.32. The van der Waals surface area contributed by atoms with Crippen molar-refractivity contribution in [2.24, 2.45) is 17.6 Å². The van der Waals surface area contributed by atoms with Crippen LogP contribution in [0.2, 0.25) is 0 Å². The van der Waals surface area contributed by atoms with Crippen molar-refractivity contribution in [3.63, 3.8) is 0 Å². The van der Waals surface area contributed by atoms with E-state index in [1.165, 1.54) is 19.3 Å². The number of rotatable bonds is 2. The van der Waals surface area contributed by atoms with Crippen LogP contribution in [-0.2, 0) is 0 Å². The van der Waals surface area contributed by atoms with Crippen LogP contribution in [0.4, 0.5) is 0 Å². The molecule has 2 fully saturated rings. The van der Waals surface area contributed by atoms with Crippen molar-refractivity contribution in [2.45, 2.75) is 31.2 Å². The van der Waals surface area contributed by atoms with E-state index < -0.39 is 0 Å². The Labute approximate surface area is 109 Å². The summed E-state index contributed by atoms with van der Waals surface area (Å²) in [5.41, 5.74) is 6.30. The molecule has 5 heteroatoms. The van der Waals surface area contributed by atoms with Crippen molar-refractivity contribution in [3.8, 4) is 10.7 Å². The fourth-order valence-electron chi connectivity index (χ4n) is 3.58. The van der Waals surface area contributed by atoms with Crippen molar-refractivity contribution in [1.29, 1.82) is 0 Å². The molecule has 2 saturated carbocycles. The average molecular weight is 261 g/mol. The Morgan fingerprint density at radius 3 is 2.94 bits per heavy atom. The average Bonchev–Trinajstić information content (AvgIpc) is 3.13. The molecule has 94 valence electrons. The van der Waals surface area contributed by atoms with E-state index in [0.29, 0.717) is 17.7 Å². The van der Waals surface area contributed by atoms with E-state index in [1.807, 2.05) is 17.5 Å². The standard InChI is InChI=1S/C13H15N3OS/c14-11-8-4-3-7(6-8)10(11)13-15-12(16-17-13)9-2-1-5-18-9/h1-2,5,7-8,10-11H,3-4,6,14H2. The van der Waals surface area contributed by atoms with Gasteiger partial charge in [-0.2, -0.15) is 4.98 Å². The van der Waals surface area contributed by atoms with Gasteiger partial charge in [0, 0.05) is 6.04 Å². The molecule has 0 aliphatic heterocycles. The van der Waals surface area contributed by atoms with E-state index in [0.717, 1.165) is 10.8 Å². The maximum absolute atomic E-state index is 6.30. The Balaban J connectivity index is 1.66. The molecule has 2 aromatic rings. The zero-order valence-corrected chi connectivity index (χ0v) is 10.8. The minimum absolute atomic E-state index is 0.209. The molecule has 2 aliphatic carbocycles. The third-order valence-electron chi connectivity index (χ3n) is 4.45. The van der Waals surface area contributed by atoms with Crippen LogP contribution in [0.5, 0.6) is 0 Å². The lowest BCUT2D eigenvalue weighted by atomic mass is 9.85. The number of hydrogen-bond acceptors (Lipinski definition) is 5. The quantitative estimate of drug-likeness (QED) is 0.902. The number of aromatic nitrogens is 2. The third-order valence-corrected chi connectivity index (χ3v) is 5.31. The summed E-state index contributed by atoms with van der Waals surface area (Å²) in [4.78, 5) is 5.61. The number of nitrogens with zero attached hydrogens (tertiary/aromatic N) is 2. The molecule has 0 saturated heterocycles. The molecule has 0 aromatic carbocycles. The van der Waals surface area contributed by atoms with Gasteiger partial charge in [0.05, 0.1) is 10.8 Å². The molecule has 0 radical (unpaired) electrons. The zero-order valence-electron chi connectivity index (χ0n) is 9.95. The van der Waals surface area contributed by atoms with Crippen LogP contribution in [-0.4, -0.2) is 16.2 Å². The lowest BCUT2D eigenvalue weighted by Gasteiger charge is -2.24. The maximum Gasteiger partial charge on any atom is 0.231 e. The molecule has 2 aromatic heterocycles. The van der Waals surface area contributed by atoms with Crippen molar-refractivity contribution < 1.29 is 4.52 Å². The number of thiophene rings is 1. The predicted octanol–water partition coefficient (Wildman–Crippen LogP) is 2.64. The first-order chi connectivity index (χ1) is 8.83. The van der Waals surface area contributed by atoms with Crippen molar-refractivity contribution in [1.82, 2.24) is 10.1 Å². The first kappa shape index (κ1) is 10.7. The maximum atomic E-state index is 6.30. The highest BCUT2D eigenvalue weighted by Gasteiger charge is 2.48. The summed E-state index contributed by atoms with van der Waals surface area (Å²) >= 11 is 1.63. The third kappa shape index (κ3) is 1.47. The molecule has 4 unspecified atom stereocenters. The summed E-state index contributed by atoms with van der Waals surface area (Å²) < 4.78 is 5.46. The molecule has 2 N–H and O–H groups in total. The normalized spacial score (nSPS) is 34.3. The highest BCUT2D eigenvalue weighted by Crippen LogP contribution is 2.51. The van der Waals surface area contributed by atoms with Crippen molar-refractivity contribution >= 4 is 11.3 Å². The largest absolute Gasteiger partial charge is 0.339 e. The minimum Gasteiger partial charge on any atom is -0.339 e. The predicted molar refractivity (Wildman–Crippen MR) is 69.2 cm³/mol. The Morgan fingerprint density at radius 2 is 2.22 bits per heavy atom. The van der Waals surface area contributed by atoms with Gasteiger partial charge in [-0.25, -0.2) is 0 Å². The molecule has 18 heavy (non-hydrogen) atoms. The van der Waals surface area contributed by atoms with Gasteiger partial charge >= 0.3 is 0 Å². The Morgan fingerprint density at radius 1 is 1.33 bits per heavy atom. The van der Waals surface area contributed by atoms with E-state index in [4.69, 9.17) is 10.3 Å². The molecule has 4 atom stereocenters. The zero-order chi connectivity index (χ0) is 12.1. The summed E-state index contributed by atoms with van der Waals surface area (Å²) in [7, 11) is 0. The van der Waals surface area contributed by atoms with Crippen LogP contribution >= 0.6 is 11.3 Å². The molecule has 4 rings (SSSR count). The Kier molecular flexibility index (Phi) is 2.32. The van der Waals surface area contributed by atoms with Gasteiger partial charge in [-0.3, -0.25) is 0 Å². The summed E-state index contributed by atoms with van der Waals surface area (Å²) in [6, 6.07) is 4.22. The van der Waals surface area contributed by atoms with Crippen molar-refractivity contribution in [3.05, 3.63) is 23.4 Å². The second-order valence-electron chi connectivity index (χ2n) is 5.37. The monoisotopic (exact) mass is 261 g/mol. The van der Waals surface area contributed by atoms with Gasteiger partial charge in [-0.05, 0) is 42.5 Å². The molecular formula is C13H15N3OS. The molecule has 0 amide bonds. The van der Waals surface area contributed by atoms with E-state index in [1.54, 1.807) is 11.3 Å². The SMILES string of the molecule is NC1C2CCC(C2)C1c1nc(-c2cccs2)no1. The van der Waals surface area contributed by atoms with Gasteiger partial charge < -0.3 is 10.3 Å². The van der Waals surface area contributed by atoms with E-state index >= 15 is 0 Å². The van der Waals surface area contributed by atoms with Gasteiger partial charge in [0.15, 0.2) is 0 Å². The Hall–Kier alpha value is -1.20. The first-order valence-corrected chi connectivity index (χ1v) is 7.34. The van der Waals surface area contributed by atoms with Crippen LogP contribution < -0.4 is 5.73 Å². The van der Waals surface area contributed by atoms with Crippen LogP contribution in [0.15, 0.2) is 22.0 Å². The van der Waals surface area contributed by atoms with Gasteiger partial charge in [-0.1, -0.05) is 11.2 Å². The fraction of sp³-hybridized carbons (Fsp3) is 0.538. The lowest BCUT2D eigenvalue weighted by molar-refractivity contribution is 0.279. The van der Waals surface area contributed by atoms with Crippen molar-refractivity contribution in [2.75, 3.05) is 0 Å². The van der Waals surface area contributed by atoms with Crippen LogP contribution in [0, 0.1) is 11.8 Å². The summed E-state index contributed by atoms with van der Waals surface area (Å²) in [6.45, 7) is 0. The molecular weight excluding hydrogens is 246 g/mol. The van der Waals surface area contributed by atoms with E-state index in [9.17, 15) is 0 Å². The highest BCUT2D eigenvalue weighted by atomic mass is 32.1. The summed E-state index contributed by atoms with van der Waals surface area (Å²) in [6.07, 6.45) is 3.77. The molecule has 4 nitrogen and oxygen atoms in total. The van der Waals surface area contributed by atoms with E-state index in [-0.39, 0.29) is 12.0 Å². The molecule has 2 bridgehead atoms. The number of hydrogen-bond donors (Lipinski definition) is 1.